The maximum Gasteiger partial charge on any atom is 0.238 e. The lowest BCUT2D eigenvalue weighted by molar-refractivity contribution is -0.128. The summed E-state index contributed by atoms with van der Waals surface area (Å²) in [7, 11) is 0. The highest BCUT2D eigenvalue weighted by Crippen LogP contribution is 2.00. The van der Waals surface area contributed by atoms with Gasteiger partial charge >= 0.3 is 0 Å². The largest absolute Gasteiger partial charge is 0.274 e. The average Bonchev–Trinajstić information content (AvgIpc) is 2.00. The molecule has 0 fully saturated rings. The van der Waals surface area contributed by atoms with Crippen molar-refractivity contribution in [3.8, 4) is 0 Å². The molecule has 0 rings (SSSR count). The molecule has 2 N–H and O–H groups in total. The van der Waals surface area contributed by atoms with Crippen LogP contribution in [0.4, 0.5) is 0 Å². The maximum absolute atomic E-state index is 10.9. The third kappa shape index (κ3) is 5.46. The van der Waals surface area contributed by atoms with Gasteiger partial charge in [0.1, 0.15) is 0 Å². The predicted molar refractivity (Wildman–Crippen MR) is 45.9 cm³/mol. The van der Waals surface area contributed by atoms with E-state index in [2.05, 4.69) is 17.4 Å². The fourth-order valence-electron chi connectivity index (χ4n) is 0.585. The number of allylic oxidation sites excluding steroid dienone is 1. The van der Waals surface area contributed by atoms with Crippen molar-refractivity contribution in [2.75, 3.05) is 0 Å². The van der Waals surface area contributed by atoms with Crippen molar-refractivity contribution in [3.05, 3.63) is 12.7 Å². The highest BCUT2D eigenvalue weighted by atomic mass is 16.2. The van der Waals surface area contributed by atoms with E-state index in [1.807, 2.05) is 6.92 Å². The van der Waals surface area contributed by atoms with Crippen LogP contribution in [0.15, 0.2) is 12.7 Å². The highest BCUT2D eigenvalue weighted by molar-refractivity contribution is 5.80. The minimum Gasteiger partial charge on any atom is -0.274 e. The van der Waals surface area contributed by atoms with E-state index < -0.39 is 0 Å². The van der Waals surface area contributed by atoms with Crippen LogP contribution in [0.5, 0.6) is 0 Å². The molecule has 0 aliphatic carbocycles. The first kappa shape index (κ1) is 10.7. The number of carbonyl (C=O) groups is 2. The normalized spacial score (nSPS) is 11.5. The lowest BCUT2D eigenvalue weighted by Gasteiger charge is -2.06. The molecule has 0 aromatic carbocycles. The van der Waals surface area contributed by atoms with Crippen molar-refractivity contribution in [1.29, 1.82) is 0 Å². The van der Waals surface area contributed by atoms with E-state index in [0.717, 1.165) is 0 Å². The molecule has 0 spiro atoms. The molecule has 0 saturated heterocycles. The molecule has 0 aliphatic rings. The standard InChI is InChI=1S/C8H14N2O2/c1-4-6(2)5-8(12)10-9-7(3)11/h4,6H,1,5H2,2-3H3,(H,9,11)(H,10,12). The highest BCUT2D eigenvalue weighted by Gasteiger charge is 2.04. The number of amides is 2. The summed E-state index contributed by atoms with van der Waals surface area (Å²) in [5, 5.41) is 0. The number of carbonyl (C=O) groups excluding carboxylic acids is 2. The molecule has 68 valence electrons. The first-order valence-electron chi connectivity index (χ1n) is 3.74. The van der Waals surface area contributed by atoms with E-state index in [1.165, 1.54) is 6.92 Å². The summed E-state index contributed by atoms with van der Waals surface area (Å²) < 4.78 is 0. The molecule has 0 saturated carbocycles. The van der Waals surface area contributed by atoms with E-state index in [-0.39, 0.29) is 17.7 Å². The van der Waals surface area contributed by atoms with Gasteiger partial charge in [-0.1, -0.05) is 13.0 Å². The molecule has 0 heterocycles. The number of nitrogens with one attached hydrogen (secondary N) is 2. The quantitative estimate of drug-likeness (QED) is 0.475. The van der Waals surface area contributed by atoms with E-state index >= 15 is 0 Å². The summed E-state index contributed by atoms with van der Waals surface area (Å²) in [6, 6.07) is 0. The first-order chi connectivity index (χ1) is 5.56. The van der Waals surface area contributed by atoms with Crippen molar-refractivity contribution in [3.63, 3.8) is 0 Å². The molecule has 2 amide bonds. The molecule has 0 radical (unpaired) electrons. The lowest BCUT2D eigenvalue weighted by atomic mass is 10.1. The smallest absolute Gasteiger partial charge is 0.238 e. The summed E-state index contributed by atoms with van der Waals surface area (Å²) in [5.41, 5.74) is 4.46. The maximum atomic E-state index is 10.9. The van der Waals surface area contributed by atoms with E-state index in [4.69, 9.17) is 0 Å². The topological polar surface area (TPSA) is 58.2 Å². The van der Waals surface area contributed by atoms with Crippen LogP contribution in [0, 0.1) is 5.92 Å². The van der Waals surface area contributed by atoms with Crippen molar-refractivity contribution >= 4 is 11.8 Å². The van der Waals surface area contributed by atoms with Crippen molar-refractivity contribution < 1.29 is 9.59 Å². The molecule has 0 aliphatic heterocycles. The van der Waals surface area contributed by atoms with Gasteiger partial charge in [-0.05, 0) is 5.92 Å². The van der Waals surface area contributed by atoms with E-state index in [0.29, 0.717) is 6.42 Å². The predicted octanol–water partition coefficient (Wildman–Crippen LogP) is 0.366. The Kier molecular flexibility index (Phi) is 4.76. The fourth-order valence-corrected chi connectivity index (χ4v) is 0.585. The second-order valence-electron chi connectivity index (χ2n) is 2.65. The summed E-state index contributed by atoms with van der Waals surface area (Å²) in [6.45, 7) is 6.75. The van der Waals surface area contributed by atoms with Gasteiger partial charge in [-0.3, -0.25) is 20.4 Å². The van der Waals surface area contributed by atoms with Gasteiger partial charge in [0.2, 0.25) is 11.8 Å². The second kappa shape index (κ2) is 5.35. The zero-order valence-electron chi connectivity index (χ0n) is 7.39. The zero-order valence-corrected chi connectivity index (χ0v) is 7.39. The van der Waals surface area contributed by atoms with Gasteiger partial charge in [0.05, 0.1) is 0 Å². The third-order valence-corrected chi connectivity index (χ3v) is 1.29. The Morgan fingerprint density at radius 1 is 1.50 bits per heavy atom. The Morgan fingerprint density at radius 3 is 2.50 bits per heavy atom. The summed E-state index contributed by atoms with van der Waals surface area (Å²) in [4.78, 5) is 21.3. The molecule has 0 bridgehead atoms. The Labute approximate surface area is 72.0 Å². The fraction of sp³-hybridized carbons (Fsp3) is 0.500. The molecule has 1 unspecified atom stereocenters. The van der Waals surface area contributed by atoms with Gasteiger partial charge in [0.15, 0.2) is 0 Å². The molecular weight excluding hydrogens is 156 g/mol. The molecule has 1 atom stereocenters. The number of hydrazine groups is 1. The Hall–Kier alpha value is -1.32. The first-order valence-corrected chi connectivity index (χ1v) is 3.74. The summed E-state index contributed by atoms with van der Waals surface area (Å²) in [5.74, 6) is -0.369. The molecular formula is C8H14N2O2. The number of hydrogen-bond donors (Lipinski definition) is 2. The van der Waals surface area contributed by atoms with Crippen LogP contribution in [0.25, 0.3) is 0 Å². The van der Waals surface area contributed by atoms with Crippen molar-refractivity contribution in [2.24, 2.45) is 5.92 Å². The van der Waals surface area contributed by atoms with Crippen molar-refractivity contribution in [1.82, 2.24) is 10.9 Å². The SMILES string of the molecule is C=CC(C)CC(=O)NNC(C)=O. The van der Waals surface area contributed by atoms with Crippen LogP contribution in [-0.2, 0) is 9.59 Å². The average molecular weight is 170 g/mol. The number of hydrogen-bond acceptors (Lipinski definition) is 2. The number of rotatable bonds is 3. The van der Waals surface area contributed by atoms with Crippen LogP contribution in [0.1, 0.15) is 20.3 Å². The van der Waals surface area contributed by atoms with Crippen LogP contribution in [-0.4, -0.2) is 11.8 Å². The van der Waals surface area contributed by atoms with Gasteiger partial charge in [-0.25, -0.2) is 0 Å². The van der Waals surface area contributed by atoms with Crippen LogP contribution in [0.2, 0.25) is 0 Å². The van der Waals surface area contributed by atoms with Gasteiger partial charge < -0.3 is 0 Å². The Bertz CT molecular complexity index is 189. The van der Waals surface area contributed by atoms with E-state index in [1.54, 1.807) is 6.08 Å². The van der Waals surface area contributed by atoms with Gasteiger partial charge in [0, 0.05) is 13.3 Å². The Morgan fingerprint density at radius 2 is 2.08 bits per heavy atom. The van der Waals surface area contributed by atoms with Crippen molar-refractivity contribution in [2.45, 2.75) is 20.3 Å². The molecule has 0 aromatic rings. The summed E-state index contributed by atoms with van der Waals surface area (Å²) in [6.07, 6.45) is 2.02. The minimum atomic E-state index is -0.283. The van der Waals surface area contributed by atoms with Gasteiger partial charge in [-0.2, -0.15) is 0 Å². The Balaban J connectivity index is 3.59. The van der Waals surface area contributed by atoms with Gasteiger partial charge in [0.25, 0.3) is 0 Å². The minimum absolute atomic E-state index is 0.124. The zero-order chi connectivity index (χ0) is 9.56. The molecule has 4 heteroatoms. The van der Waals surface area contributed by atoms with Crippen LogP contribution < -0.4 is 10.9 Å². The van der Waals surface area contributed by atoms with E-state index in [9.17, 15) is 9.59 Å². The second-order valence-corrected chi connectivity index (χ2v) is 2.65. The molecule has 0 aromatic heterocycles. The van der Waals surface area contributed by atoms with Crippen LogP contribution in [0.3, 0.4) is 0 Å². The van der Waals surface area contributed by atoms with Gasteiger partial charge in [-0.15, -0.1) is 6.58 Å². The monoisotopic (exact) mass is 170 g/mol. The lowest BCUT2D eigenvalue weighted by Crippen LogP contribution is -2.40. The summed E-state index contributed by atoms with van der Waals surface area (Å²) >= 11 is 0. The van der Waals surface area contributed by atoms with Crippen LogP contribution >= 0.6 is 0 Å². The molecule has 12 heavy (non-hydrogen) atoms. The molecule has 4 nitrogen and oxygen atoms in total. The third-order valence-electron chi connectivity index (χ3n) is 1.29.